The lowest BCUT2D eigenvalue weighted by molar-refractivity contribution is 0.0955. The summed E-state index contributed by atoms with van der Waals surface area (Å²) in [7, 11) is 2.14. The highest BCUT2D eigenvalue weighted by Crippen LogP contribution is 2.38. The van der Waals surface area contributed by atoms with E-state index in [0.29, 0.717) is 5.56 Å². The largest absolute Gasteiger partial charge is 0.354 e. The Morgan fingerprint density at radius 1 is 1.18 bits per heavy atom. The maximum atomic E-state index is 12.1. The molecule has 0 aromatic carbocycles. The van der Waals surface area contributed by atoms with Crippen molar-refractivity contribution in [3.05, 3.63) is 36.5 Å². The minimum absolute atomic E-state index is 0.225. The number of anilines is 1. The molecular weight excluding hydrogens is 434 g/mol. The Kier molecular flexibility index (Phi) is 12.5. The number of aromatic nitrogens is 2. The number of carbonyl (C=O) groups is 1. The van der Waals surface area contributed by atoms with Gasteiger partial charge < -0.3 is 9.80 Å². The number of allylic oxidation sites excluding steroid dienone is 1. The summed E-state index contributed by atoms with van der Waals surface area (Å²) in [4.78, 5) is 17.8. The fraction of sp³-hybridized carbons (Fsp3) is 0.583. The van der Waals surface area contributed by atoms with Gasteiger partial charge in [0, 0.05) is 36.6 Å². The van der Waals surface area contributed by atoms with Crippen LogP contribution in [0.2, 0.25) is 0 Å². The number of likely N-dealkylation sites (N-methyl/N-ethyl adjacent to an activating group) is 1. The number of hydrogen-bond donors (Lipinski definition) is 3. The Bertz CT molecular complexity index is 871. The van der Waals surface area contributed by atoms with Gasteiger partial charge in [-0.05, 0) is 57.8 Å². The average Bonchev–Trinajstić information content (AvgIpc) is 3.43. The molecule has 1 saturated heterocycles. The normalized spacial score (nSPS) is 16.3. The van der Waals surface area contributed by atoms with E-state index in [0.717, 1.165) is 42.4 Å². The van der Waals surface area contributed by atoms with Gasteiger partial charge in [-0.2, -0.15) is 5.10 Å². The maximum absolute atomic E-state index is 12.1. The van der Waals surface area contributed by atoms with E-state index in [1.165, 1.54) is 12.8 Å². The summed E-state index contributed by atoms with van der Waals surface area (Å²) in [5.74, 6) is 6.03. The van der Waals surface area contributed by atoms with Crippen LogP contribution in [0.25, 0.3) is 5.52 Å². The van der Waals surface area contributed by atoms with Gasteiger partial charge in [-0.25, -0.2) is 10.4 Å². The zero-order valence-corrected chi connectivity index (χ0v) is 22.3. The number of rotatable bonds is 5. The van der Waals surface area contributed by atoms with Crippen molar-refractivity contribution in [1.29, 1.82) is 0 Å². The molecule has 2 aromatic heterocycles. The molecule has 9 heteroatoms. The van der Waals surface area contributed by atoms with E-state index in [1.54, 1.807) is 24.2 Å². The first kappa shape index (κ1) is 29.0. The molecule has 0 unspecified atom stereocenters. The van der Waals surface area contributed by atoms with E-state index < -0.39 is 0 Å². The van der Waals surface area contributed by atoms with Crippen LogP contribution >= 0.6 is 11.9 Å². The van der Waals surface area contributed by atoms with Gasteiger partial charge in [0.15, 0.2) is 0 Å². The highest BCUT2D eigenvalue weighted by molar-refractivity contribution is 7.97. The molecule has 1 saturated carbocycles. The number of nitrogens with two attached hydrogens (primary N) is 1. The minimum atomic E-state index is -0.325. The highest BCUT2D eigenvalue weighted by Gasteiger charge is 2.37. The Labute approximate surface area is 204 Å². The van der Waals surface area contributed by atoms with Gasteiger partial charge in [0.1, 0.15) is 5.82 Å². The molecule has 1 amide bonds. The second kappa shape index (κ2) is 14.2. The second-order valence-electron chi connectivity index (χ2n) is 7.84. The van der Waals surface area contributed by atoms with E-state index in [9.17, 15) is 4.79 Å². The van der Waals surface area contributed by atoms with Gasteiger partial charge in [-0.15, -0.1) is 6.58 Å². The molecule has 2 fully saturated rings. The summed E-state index contributed by atoms with van der Waals surface area (Å²) < 4.78 is 5.39. The van der Waals surface area contributed by atoms with Crippen LogP contribution in [-0.4, -0.2) is 59.2 Å². The Morgan fingerprint density at radius 3 is 2.27 bits per heavy atom. The molecule has 8 nitrogen and oxygen atoms in total. The van der Waals surface area contributed by atoms with Crippen LogP contribution in [0.4, 0.5) is 5.82 Å². The van der Waals surface area contributed by atoms with Crippen molar-refractivity contribution in [3.63, 3.8) is 0 Å². The number of carbonyl (C=O) groups excluding carboxylic acids is 1. The zero-order chi connectivity index (χ0) is 25.0. The summed E-state index contributed by atoms with van der Waals surface area (Å²) in [5.41, 5.74) is 3.70. The number of nitrogens with one attached hydrogen (secondary N) is 2. The van der Waals surface area contributed by atoms with Crippen LogP contribution in [-0.2, 0) is 0 Å². The lowest BCUT2D eigenvalue weighted by Crippen LogP contribution is -2.45. The predicted molar refractivity (Wildman–Crippen MR) is 142 cm³/mol. The number of nitrogen functional groups attached to an aromatic ring is 1. The van der Waals surface area contributed by atoms with Crippen molar-refractivity contribution < 1.29 is 4.79 Å². The first-order valence-corrected chi connectivity index (χ1v) is 12.7. The molecule has 186 valence electrons. The second-order valence-corrected chi connectivity index (χ2v) is 8.72. The van der Waals surface area contributed by atoms with Crippen molar-refractivity contribution in [1.82, 2.24) is 24.7 Å². The topological polar surface area (TPSA) is 90.9 Å². The van der Waals surface area contributed by atoms with Crippen molar-refractivity contribution in [2.75, 3.05) is 38.1 Å². The highest BCUT2D eigenvalue weighted by atomic mass is 32.2. The summed E-state index contributed by atoms with van der Waals surface area (Å²) in [6.45, 7) is 19.4. The summed E-state index contributed by atoms with van der Waals surface area (Å²) in [5, 5.41) is 4.46. The molecule has 4 rings (SSSR count). The molecular formula is C24H43N7OS. The van der Waals surface area contributed by atoms with Crippen molar-refractivity contribution in [3.8, 4) is 0 Å². The zero-order valence-electron chi connectivity index (χ0n) is 21.4. The van der Waals surface area contributed by atoms with E-state index in [1.807, 2.05) is 45.2 Å². The van der Waals surface area contributed by atoms with Crippen LogP contribution in [0.15, 0.2) is 35.9 Å². The van der Waals surface area contributed by atoms with Crippen LogP contribution < -0.4 is 20.9 Å². The lowest BCUT2D eigenvalue weighted by atomic mass is 10.2. The van der Waals surface area contributed by atoms with Crippen molar-refractivity contribution in [2.45, 2.75) is 64.8 Å². The number of fused-ring (bicyclic) bond motifs is 1. The van der Waals surface area contributed by atoms with E-state index >= 15 is 0 Å². The lowest BCUT2D eigenvalue weighted by Gasteiger charge is -2.34. The van der Waals surface area contributed by atoms with Crippen LogP contribution in [0.1, 0.15) is 64.7 Å². The Morgan fingerprint density at radius 2 is 1.76 bits per heavy atom. The molecule has 2 aliphatic rings. The first-order valence-electron chi connectivity index (χ1n) is 11.9. The fourth-order valence-corrected chi connectivity index (χ4v) is 3.99. The fourth-order valence-electron chi connectivity index (χ4n) is 3.09. The molecule has 1 aliphatic carbocycles. The molecule has 0 bridgehead atoms. The van der Waals surface area contributed by atoms with Gasteiger partial charge in [0.2, 0.25) is 0 Å². The van der Waals surface area contributed by atoms with Gasteiger partial charge in [-0.3, -0.25) is 14.9 Å². The smallest absolute Gasteiger partial charge is 0.269 e. The van der Waals surface area contributed by atoms with Crippen LogP contribution in [0, 0.1) is 0 Å². The summed E-state index contributed by atoms with van der Waals surface area (Å²) in [6.07, 6.45) is 5.73. The van der Waals surface area contributed by atoms with Gasteiger partial charge >= 0.3 is 0 Å². The molecule has 33 heavy (non-hydrogen) atoms. The quantitative estimate of drug-likeness (QED) is 0.196. The molecule has 0 atom stereocenters. The molecule has 0 radical (unpaired) electrons. The molecule has 0 spiro atoms. The monoisotopic (exact) mass is 477 g/mol. The molecule has 2 aromatic rings. The third kappa shape index (κ3) is 8.03. The van der Waals surface area contributed by atoms with E-state index in [4.69, 9.17) is 5.84 Å². The number of piperazine rings is 1. The number of hydrogen-bond acceptors (Lipinski definition) is 7. The molecule has 1 aliphatic heterocycles. The number of nitrogens with zero attached hydrogens (tertiary/aromatic N) is 4. The van der Waals surface area contributed by atoms with Crippen LogP contribution in [0.3, 0.4) is 0 Å². The molecule has 3 heterocycles. The van der Waals surface area contributed by atoms with Crippen molar-refractivity contribution >= 4 is 29.2 Å². The Hall–Kier alpha value is -2.07. The maximum Gasteiger partial charge on any atom is 0.269 e. The molecule has 4 N–H and O–H groups in total. The average molecular weight is 478 g/mol. The number of hydrazine groups is 1. The third-order valence-corrected chi connectivity index (χ3v) is 6.26. The number of pyridine rings is 1. The minimum Gasteiger partial charge on any atom is -0.354 e. The van der Waals surface area contributed by atoms with Gasteiger partial charge in [0.25, 0.3) is 5.91 Å². The first-order chi connectivity index (χ1) is 15.9. The standard InChI is InChI=1S/C17H25N7OS.C3H6.2C2H6/c1-17(3-4-17)21-26-12-9-14-13(16(25)20-18)11-19-24(14)15(10-12)23-7-5-22(2)6-8-23;1-3-2;2*1-2/h9-11,21H,3-8,18H2,1-2H3,(H,20,25);3H,1H2,2H3;2*1-2H3. The van der Waals surface area contributed by atoms with E-state index in [2.05, 4.69) is 51.7 Å². The third-order valence-electron chi connectivity index (χ3n) is 5.19. The summed E-state index contributed by atoms with van der Waals surface area (Å²) in [6, 6.07) is 4.15. The van der Waals surface area contributed by atoms with Gasteiger partial charge in [0.05, 0.1) is 17.3 Å². The van der Waals surface area contributed by atoms with E-state index in [-0.39, 0.29) is 11.4 Å². The predicted octanol–water partition coefficient (Wildman–Crippen LogP) is 4.08. The number of amides is 1. The SMILES string of the molecule is C=CC.CC.CC.CN1CCN(c2cc(SNC3(C)CC3)cc3c(C(=O)NN)cnn23)CC1. The summed E-state index contributed by atoms with van der Waals surface area (Å²) >= 11 is 1.62. The van der Waals surface area contributed by atoms with Crippen LogP contribution in [0.5, 0.6) is 0 Å². The van der Waals surface area contributed by atoms with Gasteiger partial charge in [-0.1, -0.05) is 33.8 Å². The Balaban J connectivity index is 0.000000705. The van der Waals surface area contributed by atoms with Crippen molar-refractivity contribution in [2.24, 2.45) is 5.84 Å².